The van der Waals surface area contributed by atoms with E-state index in [0.717, 1.165) is 38.6 Å². The Bertz CT molecular complexity index is 631. The van der Waals surface area contributed by atoms with E-state index in [1.165, 1.54) is 5.56 Å². The fourth-order valence-electron chi connectivity index (χ4n) is 2.90. The normalized spacial score (nSPS) is 11.9. The van der Waals surface area contributed by atoms with Gasteiger partial charge in [-0.25, -0.2) is 4.98 Å². The number of nitrogen functional groups attached to an aromatic ring is 1. The second-order valence-corrected chi connectivity index (χ2v) is 6.43. The summed E-state index contributed by atoms with van der Waals surface area (Å²) in [6.45, 7) is 3.66. The fraction of sp³-hybridized carbons (Fsp3) is 0.500. The molecule has 0 fully saturated rings. The summed E-state index contributed by atoms with van der Waals surface area (Å²) in [5.41, 5.74) is 7.02. The van der Waals surface area contributed by atoms with E-state index in [9.17, 15) is 5.11 Å². The van der Waals surface area contributed by atoms with Crippen molar-refractivity contribution in [1.29, 1.82) is 0 Å². The average molecular weight is 358 g/mol. The molecule has 0 spiro atoms. The van der Waals surface area contributed by atoms with Crippen LogP contribution in [0.5, 0.6) is 5.75 Å². The van der Waals surface area contributed by atoms with Crippen LogP contribution in [-0.4, -0.2) is 34.8 Å². The number of aliphatic hydroxyl groups is 1. The molecule has 142 valence electrons. The summed E-state index contributed by atoms with van der Waals surface area (Å²) in [5, 5.41) is 12.5. The van der Waals surface area contributed by atoms with Gasteiger partial charge in [0.2, 0.25) is 5.95 Å². The zero-order valence-electron chi connectivity index (χ0n) is 15.5. The molecule has 1 heterocycles. The zero-order valence-corrected chi connectivity index (χ0v) is 15.5. The molecule has 6 nitrogen and oxygen atoms in total. The molecule has 0 unspecified atom stereocenters. The Balaban J connectivity index is 1.87. The maximum absolute atomic E-state index is 9.20. The lowest BCUT2D eigenvalue weighted by Gasteiger charge is -2.18. The number of aromatic nitrogens is 2. The molecule has 0 radical (unpaired) electrons. The number of nitrogens with zero attached hydrogens (tertiary/aromatic N) is 2. The fourth-order valence-corrected chi connectivity index (χ4v) is 2.90. The molecule has 0 saturated carbocycles. The van der Waals surface area contributed by atoms with E-state index >= 15 is 0 Å². The molecule has 6 heteroatoms. The summed E-state index contributed by atoms with van der Waals surface area (Å²) in [7, 11) is 0. The molecule has 0 aliphatic carbocycles. The van der Waals surface area contributed by atoms with Crippen LogP contribution in [-0.2, 0) is 6.42 Å². The molecule has 4 N–H and O–H groups in total. The van der Waals surface area contributed by atoms with Gasteiger partial charge in [0, 0.05) is 13.2 Å². The minimum Gasteiger partial charge on any atom is -0.488 e. The lowest BCUT2D eigenvalue weighted by molar-refractivity contribution is 0.255. The summed E-state index contributed by atoms with van der Waals surface area (Å²) in [6, 6.07) is 10.4. The highest BCUT2D eigenvalue weighted by molar-refractivity contribution is 5.51. The first-order valence-electron chi connectivity index (χ1n) is 9.37. The molecule has 1 aromatic carbocycles. The Labute approximate surface area is 155 Å². The van der Waals surface area contributed by atoms with E-state index in [-0.39, 0.29) is 12.6 Å². The van der Waals surface area contributed by atoms with E-state index in [4.69, 9.17) is 10.5 Å². The van der Waals surface area contributed by atoms with Gasteiger partial charge in [0.25, 0.3) is 0 Å². The molecule has 2 rings (SSSR count). The molecule has 1 aromatic heterocycles. The van der Waals surface area contributed by atoms with Gasteiger partial charge in [-0.15, -0.1) is 0 Å². The van der Waals surface area contributed by atoms with E-state index in [0.29, 0.717) is 24.1 Å². The third-order valence-electron chi connectivity index (χ3n) is 4.28. The highest BCUT2D eigenvalue weighted by Crippen LogP contribution is 2.23. The number of rotatable bonds is 12. The number of nitrogens with one attached hydrogen (secondary N) is 1. The lowest BCUT2D eigenvalue weighted by atomic mass is 10.0. The molecule has 0 aliphatic heterocycles. The first-order chi connectivity index (χ1) is 12.7. The highest BCUT2D eigenvalue weighted by atomic mass is 16.5. The first kappa shape index (κ1) is 20.0. The highest BCUT2D eigenvalue weighted by Gasteiger charge is 2.11. The number of aliphatic hydroxyl groups excluding tert-OH is 1. The predicted octanol–water partition coefficient (Wildman–Crippen LogP) is 3.28. The molecule has 0 amide bonds. The molecule has 1 atom stereocenters. The van der Waals surface area contributed by atoms with E-state index in [1.807, 2.05) is 18.2 Å². The van der Waals surface area contributed by atoms with E-state index in [1.54, 1.807) is 6.20 Å². The van der Waals surface area contributed by atoms with Gasteiger partial charge in [-0.1, -0.05) is 43.7 Å². The third-order valence-corrected chi connectivity index (χ3v) is 4.28. The van der Waals surface area contributed by atoms with Gasteiger partial charge in [-0.05, 0) is 37.2 Å². The van der Waals surface area contributed by atoms with Crippen molar-refractivity contribution in [3.05, 3.63) is 42.1 Å². The number of hydrogen-bond donors (Lipinski definition) is 3. The maximum atomic E-state index is 9.20. The number of benzene rings is 1. The number of anilines is 2. The number of nitrogens with two attached hydrogens (primary N) is 1. The minimum absolute atomic E-state index is 0.196. The molecule has 0 bridgehead atoms. The SMILES string of the molecule is CCC[C@@H](CCO)CNc1nc(N)ncc1OCCCc1ccccc1. The lowest BCUT2D eigenvalue weighted by Crippen LogP contribution is -2.17. The van der Waals surface area contributed by atoms with Gasteiger partial charge in [-0.3, -0.25) is 0 Å². The van der Waals surface area contributed by atoms with Crippen molar-refractivity contribution in [2.45, 2.75) is 39.0 Å². The summed E-state index contributed by atoms with van der Waals surface area (Å²) < 4.78 is 5.87. The van der Waals surface area contributed by atoms with Crippen LogP contribution in [0.15, 0.2) is 36.5 Å². The van der Waals surface area contributed by atoms with E-state index < -0.39 is 0 Å². The Morgan fingerprint density at radius 1 is 1.23 bits per heavy atom. The van der Waals surface area contributed by atoms with Gasteiger partial charge in [0.1, 0.15) is 0 Å². The van der Waals surface area contributed by atoms with Gasteiger partial charge >= 0.3 is 0 Å². The van der Waals surface area contributed by atoms with Crippen LogP contribution in [0.2, 0.25) is 0 Å². The maximum Gasteiger partial charge on any atom is 0.222 e. The minimum atomic E-state index is 0.196. The van der Waals surface area contributed by atoms with Crippen LogP contribution in [0.4, 0.5) is 11.8 Å². The van der Waals surface area contributed by atoms with Gasteiger partial charge in [0.15, 0.2) is 11.6 Å². The van der Waals surface area contributed by atoms with Crippen LogP contribution >= 0.6 is 0 Å². The van der Waals surface area contributed by atoms with Crippen molar-refractivity contribution in [2.24, 2.45) is 5.92 Å². The molecule has 2 aromatic rings. The summed E-state index contributed by atoms with van der Waals surface area (Å²) >= 11 is 0. The van der Waals surface area contributed by atoms with Crippen molar-refractivity contribution >= 4 is 11.8 Å². The second kappa shape index (κ2) is 11.3. The van der Waals surface area contributed by atoms with E-state index in [2.05, 4.69) is 34.3 Å². The molecule has 0 saturated heterocycles. The monoisotopic (exact) mass is 358 g/mol. The number of hydrogen-bond acceptors (Lipinski definition) is 6. The van der Waals surface area contributed by atoms with Crippen LogP contribution in [0, 0.1) is 5.92 Å². The Kier molecular flexibility index (Phi) is 8.69. The quantitative estimate of drug-likeness (QED) is 0.504. The summed E-state index contributed by atoms with van der Waals surface area (Å²) in [6.07, 6.45) is 6.41. The van der Waals surface area contributed by atoms with Crippen molar-refractivity contribution < 1.29 is 9.84 Å². The first-order valence-corrected chi connectivity index (χ1v) is 9.37. The molecule has 26 heavy (non-hydrogen) atoms. The van der Waals surface area contributed by atoms with Crippen LogP contribution in [0.3, 0.4) is 0 Å². The van der Waals surface area contributed by atoms with Gasteiger partial charge < -0.3 is 20.9 Å². The smallest absolute Gasteiger partial charge is 0.222 e. The summed E-state index contributed by atoms with van der Waals surface area (Å²) in [5.74, 6) is 1.85. The third kappa shape index (κ3) is 6.88. The van der Waals surface area contributed by atoms with Crippen LogP contribution in [0.25, 0.3) is 0 Å². The van der Waals surface area contributed by atoms with Crippen LogP contribution < -0.4 is 15.8 Å². The molecule has 0 aliphatic rings. The average Bonchev–Trinajstić information content (AvgIpc) is 2.66. The van der Waals surface area contributed by atoms with Crippen molar-refractivity contribution in [2.75, 3.05) is 30.8 Å². The summed E-state index contributed by atoms with van der Waals surface area (Å²) in [4.78, 5) is 8.31. The zero-order chi connectivity index (χ0) is 18.6. The van der Waals surface area contributed by atoms with Crippen molar-refractivity contribution in [3.63, 3.8) is 0 Å². The van der Waals surface area contributed by atoms with Gasteiger partial charge in [-0.2, -0.15) is 4.98 Å². The standard InChI is InChI=1S/C20H30N4O2/c1-2-7-17(11-12-25)14-22-19-18(15-23-20(21)24-19)26-13-6-10-16-8-4-3-5-9-16/h3-5,8-9,15,17,25H,2,6-7,10-14H2,1H3,(H3,21,22,23,24)/t17-/m0/s1. The Morgan fingerprint density at radius 3 is 2.77 bits per heavy atom. The topological polar surface area (TPSA) is 93.3 Å². The van der Waals surface area contributed by atoms with Crippen molar-refractivity contribution in [3.8, 4) is 5.75 Å². The number of aryl methyl sites for hydroxylation is 1. The Morgan fingerprint density at radius 2 is 2.04 bits per heavy atom. The Hall–Kier alpha value is -2.34. The number of ether oxygens (including phenoxy) is 1. The van der Waals surface area contributed by atoms with Gasteiger partial charge in [0.05, 0.1) is 12.8 Å². The molecular weight excluding hydrogens is 328 g/mol. The molecular formula is C20H30N4O2. The van der Waals surface area contributed by atoms with Crippen LogP contribution in [0.1, 0.15) is 38.2 Å². The second-order valence-electron chi connectivity index (χ2n) is 6.43. The van der Waals surface area contributed by atoms with Crippen molar-refractivity contribution in [1.82, 2.24) is 9.97 Å². The largest absolute Gasteiger partial charge is 0.488 e. The predicted molar refractivity (Wildman–Crippen MR) is 105 cm³/mol.